The van der Waals surface area contributed by atoms with E-state index in [1.54, 1.807) is 0 Å². The molecule has 0 aromatic carbocycles. The molecule has 0 radical (unpaired) electrons. The maximum absolute atomic E-state index is 4.51. The average molecular weight is 162 g/mol. The molecule has 0 spiro atoms. The second kappa shape index (κ2) is 2.87. The number of nitrogens with zero attached hydrogens (tertiary/aromatic N) is 2. The smallest absolute Gasteiger partial charge is 0.0592 e. The predicted molar refractivity (Wildman–Crippen MR) is 48.8 cm³/mol. The van der Waals surface area contributed by atoms with Gasteiger partial charge in [0, 0.05) is 18.8 Å². The summed E-state index contributed by atoms with van der Waals surface area (Å²) in [7, 11) is 0. The van der Waals surface area contributed by atoms with Crippen LogP contribution in [-0.2, 0) is 13.1 Å². The number of aromatic nitrogens is 1. The summed E-state index contributed by atoms with van der Waals surface area (Å²) in [6.45, 7) is 7.48. The van der Waals surface area contributed by atoms with E-state index in [-0.39, 0.29) is 0 Å². The summed E-state index contributed by atoms with van der Waals surface area (Å²) >= 11 is 0. The SMILES string of the molecule is CCN1Cc2ccc(C)nc2C1. The lowest BCUT2D eigenvalue weighted by molar-refractivity contribution is 0.299. The highest BCUT2D eigenvalue weighted by Crippen LogP contribution is 2.20. The Morgan fingerprint density at radius 3 is 3.00 bits per heavy atom. The minimum Gasteiger partial charge on any atom is -0.293 e. The van der Waals surface area contributed by atoms with Crippen molar-refractivity contribution in [3.8, 4) is 0 Å². The fourth-order valence-corrected chi connectivity index (χ4v) is 1.65. The molecule has 0 N–H and O–H groups in total. The Kier molecular flexibility index (Phi) is 1.85. The van der Waals surface area contributed by atoms with Crippen LogP contribution < -0.4 is 0 Å². The number of hydrogen-bond acceptors (Lipinski definition) is 2. The summed E-state index contributed by atoms with van der Waals surface area (Å²) in [5.41, 5.74) is 3.81. The highest BCUT2D eigenvalue weighted by Gasteiger charge is 2.17. The monoisotopic (exact) mass is 162 g/mol. The van der Waals surface area contributed by atoms with Crippen molar-refractivity contribution in [2.24, 2.45) is 0 Å². The number of rotatable bonds is 1. The Labute approximate surface area is 73.2 Å². The molecular formula is C10H14N2. The van der Waals surface area contributed by atoms with Crippen LogP contribution in [0.15, 0.2) is 12.1 Å². The van der Waals surface area contributed by atoms with E-state index in [4.69, 9.17) is 0 Å². The van der Waals surface area contributed by atoms with E-state index >= 15 is 0 Å². The first-order valence-corrected chi connectivity index (χ1v) is 4.47. The highest BCUT2D eigenvalue weighted by molar-refractivity contribution is 5.25. The molecule has 1 aromatic rings. The molecule has 0 bridgehead atoms. The van der Waals surface area contributed by atoms with Crippen LogP contribution in [0.4, 0.5) is 0 Å². The molecule has 2 nitrogen and oxygen atoms in total. The van der Waals surface area contributed by atoms with Gasteiger partial charge >= 0.3 is 0 Å². The summed E-state index contributed by atoms with van der Waals surface area (Å²) in [4.78, 5) is 6.91. The number of pyridine rings is 1. The van der Waals surface area contributed by atoms with Crippen LogP contribution >= 0.6 is 0 Å². The predicted octanol–water partition coefficient (Wildman–Crippen LogP) is 1.73. The molecule has 0 fully saturated rings. The lowest BCUT2D eigenvalue weighted by Crippen LogP contribution is -2.14. The first-order chi connectivity index (χ1) is 5.79. The third-order valence-corrected chi connectivity index (χ3v) is 2.42. The van der Waals surface area contributed by atoms with Crippen molar-refractivity contribution in [3.05, 3.63) is 29.1 Å². The lowest BCUT2D eigenvalue weighted by Gasteiger charge is -2.08. The van der Waals surface area contributed by atoms with Gasteiger partial charge in [0.15, 0.2) is 0 Å². The van der Waals surface area contributed by atoms with Gasteiger partial charge in [-0.15, -0.1) is 0 Å². The molecule has 12 heavy (non-hydrogen) atoms. The normalized spacial score (nSPS) is 16.5. The van der Waals surface area contributed by atoms with Crippen LogP contribution in [0.1, 0.15) is 23.9 Å². The minimum absolute atomic E-state index is 1.04. The third-order valence-electron chi connectivity index (χ3n) is 2.42. The standard InChI is InChI=1S/C10H14N2/c1-3-12-6-9-5-4-8(2)11-10(9)7-12/h4-5H,3,6-7H2,1-2H3. The van der Waals surface area contributed by atoms with Crippen molar-refractivity contribution in [2.75, 3.05) is 6.54 Å². The third kappa shape index (κ3) is 1.23. The topological polar surface area (TPSA) is 16.1 Å². The van der Waals surface area contributed by atoms with Gasteiger partial charge in [0.25, 0.3) is 0 Å². The molecule has 64 valence electrons. The van der Waals surface area contributed by atoms with Crippen LogP contribution in [0.5, 0.6) is 0 Å². The molecule has 1 aromatic heterocycles. The molecule has 2 heteroatoms. The highest BCUT2D eigenvalue weighted by atomic mass is 15.1. The first kappa shape index (κ1) is 7.74. The number of aryl methyl sites for hydroxylation is 1. The molecule has 1 aliphatic heterocycles. The fourth-order valence-electron chi connectivity index (χ4n) is 1.65. The zero-order chi connectivity index (χ0) is 8.55. The Bertz CT molecular complexity index is 294. The minimum atomic E-state index is 1.04. The van der Waals surface area contributed by atoms with E-state index < -0.39 is 0 Å². The molecule has 0 unspecified atom stereocenters. The van der Waals surface area contributed by atoms with Gasteiger partial charge in [0.2, 0.25) is 0 Å². The average Bonchev–Trinajstić information content (AvgIpc) is 2.46. The fraction of sp³-hybridized carbons (Fsp3) is 0.500. The van der Waals surface area contributed by atoms with E-state index in [2.05, 4.69) is 35.9 Å². The Balaban J connectivity index is 2.30. The Morgan fingerprint density at radius 2 is 2.25 bits per heavy atom. The maximum atomic E-state index is 4.51. The van der Waals surface area contributed by atoms with Crippen molar-refractivity contribution >= 4 is 0 Å². The van der Waals surface area contributed by atoms with Crippen molar-refractivity contribution in [2.45, 2.75) is 26.9 Å². The van der Waals surface area contributed by atoms with E-state index in [1.165, 1.54) is 11.3 Å². The molecule has 0 saturated heterocycles. The van der Waals surface area contributed by atoms with Crippen LogP contribution in [0.3, 0.4) is 0 Å². The van der Waals surface area contributed by atoms with Gasteiger partial charge in [0.05, 0.1) is 5.69 Å². The lowest BCUT2D eigenvalue weighted by atomic mass is 10.2. The van der Waals surface area contributed by atoms with E-state index in [1.807, 2.05) is 0 Å². The molecule has 0 atom stereocenters. The first-order valence-electron chi connectivity index (χ1n) is 4.47. The summed E-state index contributed by atoms with van der Waals surface area (Å²) in [6.07, 6.45) is 0. The number of hydrogen-bond donors (Lipinski definition) is 0. The summed E-state index contributed by atoms with van der Waals surface area (Å²) in [5.74, 6) is 0. The summed E-state index contributed by atoms with van der Waals surface area (Å²) in [5, 5.41) is 0. The van der Waals surface area contributed by atoms with Crippen LogP contribution in [-0.4, -0.2) is 16.4 Å². The van der Waals surface area contributed by atoms with Gasteiger partial charge in [-0.3, -0.25) is 9.88 Å². The molecule has 0 amide bonds. The van der Waals surface area contributed by atoms with Crippen LogP contribution in [0, 0.1) is 6.92 Å². The molecule has 0 saturated carbocycles. The van der Waals surface area contributed by atoms with E-state index in [0.29, 0.717) is 0 Å². The summed E-state index contributed by atoms with van der Waals surface area (Å²) < 4.78 is 0. The van der Waals surface area contributed by atoms with Crippen molar-refractivity contribution < 1.29 is 0 Å². The van der Waals surface area contributed by atoms with Crippen molar-refractivity contribution in [3.63, 3.8) is 0 Å². The van der Waals surface area contributed by atoms with Crippen LogP contribution in [0.25, 0.3) is 0 Å². The Morgan fingerprint density at radius 1 is 1.42 bits per heavy atom. The quantitative estimate of drug-likeness (QED) is 0.625. The van der Waals surface area contributed by atoms with Gasteiger partial charge in [-0.2, -0.15) is 0 Å². The molecule has 2 heterocycles. The van der Waals surface area contributed by atoms with Gasteiger partial charge in [0.1, 0.15) is 0 Å². The zero-order valence-electron chi connectivity index (χ0n) is 7.67. The maximum Gasteiger partial charge on any atom is 0.0592 e. The van der Waals surface area contributed by atoms with Crippen molar-refractivity contribution in [1.82, 2.24) is 9.88 Å². The molecular weight excluding hydrogens is 148 g/mol. The van der Waals surface area contributed by atoms with Gasteiger partial charge in [-0.05, 0) is 25.1 Å². The second-order valence-electron chi connectivity index (χ2n) is 3.36. The largest absolute Gasteiger partial charge is 0.293 e. The summed E-state index contributed by atoms with van der Waals surface area (Å²) in [6, 6.07) is 4.30. The van der Waals surface area contributed by atoms with E-state index in [0.717, 1.165) is 25.3 Å². The number of fused-ring (bicyclic) bond motifs is 1. The van der Waals surface area contributed by atoms with Crippen LogP contribution in [0.2, 0.25) is 0 Å². The molecule has 1 aliphatic rings. The van der Waals surface area contributed by atoms with Gasteiger partial charge < -0.3 is 0 Å². The van der Waals surface area contributed by atoms with Gasteiger partial charge in [-0.1, -0.05) is 13.0 Å². The Hall–Kier alpha value is -0.890. The second-order valence-corrected chi connectivity index (χ2v) is 3.36. The van der Waals surface area contributed by atoms with Gasteiger partial charge in [-0.25, -0.2) is 0 Å². The molecule has 2 rings (SSSR count). The molecule has 0 aliphatic carbocycles. The van der Waals surface area contributed by atoms with Crippen molar-refractivity contribution in [1.29, 1.82) is 0 Å². The van der Waals surface area contributed by atoms with E-state index in [9.17, 15) is 0 Å². The zero-order valence-corrected chi connectivity index (χ0v) is 7.67.